The van der Waals surface area contributed by atoms with Crippen LogP contribution in [0.3, 0.4) is 0 Å². The summed E-state index contributed by atoms with van der Waals surface area (Å²) in [6.07, 6.45) is 5.49. The molecule has 0 spiro atoms. The first kappa shape index (κ1) is 14.0. The van der Waals surface area contributed by atoms with Gasteiger partial charge in [-0.2, -0.15) is 0 Å². The molecular formula is C17H24FNO. The highest BCUT2D eigenvalue weighted by atomic mass is 19.1. The predicted molar refractivity (Wildman–Crippen MR) is 78.2 cm³/mol. The molecule has 0 saturated carbocycles. The molecule has 20 heavy (non-hydrogen) atoms. The van der Waals surface area contributed by atoms with E-state index in [2.05, 4.69) is 12.2 Å². The minimum atomic E-state index is -0.148. The summed E-state index contributed by atoms with van der Waals surface area (Å²) in [7, 11) is 0. The van der Waals surface area contributed by atoms with E-state index in [0.29, 0.717) is 24.2 Å². The van der Waals surface area contributed by atoms with Crippen LogP contribution in [0.5, 0.6) is 0 Å². The first-order valence-electron chi connectivity index (χ1n) is 7.84. The van der Waals surface area contributed by atoms with E-state index >= 15 is 0 Å². The van der Waals surface area contributed by atoms with Gasteiger partial charge in [-0.1, -0.05) is 13.0 Å². The number of hydrogen-bond donors (Lipinski definition) is 1. The smallest absolute Gasteiger partial charge is 0.123 e. The van der Waals surface area contributed by atoms with Gasteiger partial charge in [0, 0.05) is 12.0 Å². The molecule has 2 fully saturated rings. The molecule has 2 bridgehead atoms. The number of rotatable bonds is 5. The number of fused-ring (bicyclic) bond motifs is 2. The molecule has 2 nitrogen and oxygen atoms in total. The average molecular weight is 277 g/mol. The SMILES string of the molecule is CCCNC(c1ccc(F)cc1C)C1CC2CCC1O2. The van der Waals surface area contributed by atoms with Crippen LogP contribution in [0.4, 0.5) is 4.39 Å². The molecular weight excluding hydrogens is 253 g/mol. The van der Waals surface area contributed by atoms with Crippen molar-refractivity contribution in [3.05, 3.63) is 35.1 Å². The third-order valence-corrected chi connectivity index (χ3v) is 4.76. The van der Waals surface area contributed by atoms with Gasteiger partial charge in [0.1, 0.15) is 5.82 Å². The zero-order valence-electron chi connectivity index (χ0n) is 12.4. The first-order chi connectivity index (χ1) is 9.69. The molecule has 4 unspecified atom stereocenters. The maximum atomic E-state index is 13.3. The van der Waals surface area contributed by atoms with Gasteiger partial charge in [0.25, 0.3) is 0 Å². The summed E-state index contributed by atoms with van der Waals surface area (Å²) in [4.78, 5) is 0. The van der Waals surface area contributed by atoms with E-state index < -0.39 is 0 Å². The number of halogens is 1. The molecule has 2 heterocycles. The fraction of sp³-hybridized carbons (Fsp3) is 0.647. The van der Waals surface area contributed by atoms with Crippen molar-refractivity contribution < 1.29 is 9.13 Å². The van der Waals surface area contributed by atoms with Gasteiger partial charge >= 0.3 is 0 Å². The molecule has 0 aromatic heterocycles. The van der Waals surface area contributed by atoms with Gasteiger partial charge in [-0.3, -0.25) is 0 Å². The van der Waals surface area contributed by atoms with Crippen LogP contribution in [0, 0.1) is 18.7 Å². The Hall–Kier alpha value is -0.930. The highest BCUT2D eigenvalue weighted by molar-refractivity contribution is 5.30. The topological polar surface area (TPSA) is 21.3 Å². The minimum Gasteiger partial charge on any atom is -0.375 e. The molecule has 0 aliphatic carbocycles. The zero-order chi connectivity index (χ0) is 14.1. The minimum absolute atomic E-state index is 0.148. The molecule has 0 radical (unpaired) electrons. The van der Waals surface area contributed by atoms with Crippen molar-refractivity contribution in [3.8, 4) is 0 Å². The molecule has 4 atom stereocenters. The van der Waals surface area contributed by atoms with E-state index in [4.69, 9.17) is 4.74 Å². The van der Waals surface area contributed by atoms with Crippen LogP contribution in [0.15, 0.2) is 18.2 Å². The Labute approximate surface area is 120 Å². The van der Waals surface area contributed by atoms with Crippen molar-refractivity contribution >= 4 is 0 Å². The number of nitrogens with one attached hydrogen (secondary N) is 1. The summed E-state index contributed by atoms with van der Waals surface area (Å²) >= 11 is 0. The second kappa shape index (κ2) is 5.82. The summed E-state index contributed by atoms with van der Waals surface area (Å²) in [5, 5.41) is 3.67. The lowest BCUT2D eigenvalue weighted by molar-refractivity contribution is 0.0856. The maximum Gasteiger partial charge on any atom is 0.123 e. The van der Waals surface area contributed by atoms with Crippen LogP contribution < -0.4 is 5.32 Å². The van der Waals surface area contributed by atoms with Crippen LogP contribution in [-0.4, -0.2) is 18.8 Å². The lowest BCUT2D eigenvalue weighted by Crippen LogP contribution is -2.34. The second-order valence-corrected chi connectivity index (χ2v) is 6.21. The monoisotopic (exact) mass is 277 g/mol. The van der Waals surface area contributed by atoms with Gasteiger partial charge in [0.2, 0.25) is 0 Å². The molecule has 3 rings (SSSR count). The van der Waals surface area contributed by atoms with E-state index in [0.717, 1.165) is 24.9 Å². The number of benzene rings is 1. The molecule has 2 aliphatic rings. The Morgan fingerprint density at radius 2 is 2.25 bits per heavy atom. The summed E-state index contributed by atoms with van der Waals surface area (Å²) < 4.78 is 19.4. The van der Waals surface area contributed by atoms with Crippen LogP contribution in [0.1, 0.15) is 49.8 Å². The number of aryl methyl sites for hydroxylation is 1. The van der Waals surface area contributed by atoms with E-state index in [1.807, 2.05) is 13.0 Å². The third kappa shape index (κ3) is 2.61. The molecule has 2 aliphatic heterocycles. The van der Waals surface area contributed by atoms with Crippen LogP contribution in [0.25, 0.3) is 0 Å². The third-order valence-electron chi connectivity index (χ3n) is 4.76. The highest BCUT2D eigenvalue weighted by Crippen LogP contribution is 2.45. The van der Waals surface area contributed by atoms with Gasteiger partial charge in [0.15, 0.2) is 0 Å². The number of hydrogen-bond acceptors (Lipinski definition) is 2. The van der Waals surface area contributed by atoms with Gasteiger partial charge in [-0.15, -0.1) is 0 Å². The van der Waals surface area contributed by atoms with Gasteiger partial charge in [0.05, 0.1) is 12.2 Å². The summed E-state index contributed by atoms with van der Waals surface area (Å²) in [5.41, 5.74) is 2.28. The van der Waals surface area contributed by atoms with Crippen LogP contribution >= 0.6 is 0 Å². The Morgan fingerprint density at radius 3 is 2.85 bits per heavy atom. The number of ether oxygens (including phenoxy) is 1. The van der Waals surface area contributed by atoms with Gasteiger partial charge in [-0.25, -0.2) is 4.39 Å². The average Bonchev–Trinajstić information content (AvgIpc) is 3.03. The Balaban J connectivity index is 1.85. The molecule has 1 aromatic rings. The van der Waals surface area contributed by atoms with Crippen molar-refractivity contribution in [2.45, 2.75) is 57.8 Å². The first-order valence-corrected chi connectivity index (χ1v) is 7.84. The van der Waals surface area contributed by atoms with Crippen LogP contribution in [0.2, 0.25) is 0 Å². The predicted octanol–water partition coefficient (Wildman–Crippen LogP) is 3.74. The van der Waals surface area contributed by atoms with E-state index in [1.54, 1.807) is 12.1 Å². The lowest BCUT2D eigenvalue weighted by Gasteiger charge is -2.31. The van der Waals surface area contributed by atoms with Crippen LogP contribution in [-0.2, 0) is 4.74 Å². The molecule has 2 saturated heterocycles. The second-order valence-electron chi connectivity index (χ2n) is 6.21. The fourth-order valence-corrected chi connectivity index (χ4v) is 3.81. The fourth-order valence-electron chi connectivity index (χ4n) is 3.81. The van der Waals surface area contributed by atoms with E-state index in [1.165, 1.54) is 18.4 Å². The van der Waals surface area contributed by atoms with Gasteiger partial charge < -0.3 is 10.1 Å². The summed E-state index contributed by atoms with van der Waals surface area (Å²) in [6.45, 7) is 5.18. The van der Waals surface area contributed by atoms with Crippen molar-refractivity contribution in [3.63, 3.8) is 0 Å². The molecule has 1 N–H and O–H groups in total. The van der Waals surface area contributed by atoms with Gasteiger partial charge in [-0.05, 0) is 62.4 Å². The van der Waals surface area contributed by atoms with Crippen molar-refractivity contribution in [2.24, 2.45) is 5.92 Å². The lowest BCUT2D eigenvalue weighted by atomic mass is 9.80. The zero-order valence-corrected chi connectivity index (χ0v) is 12.4. The summed E-state index contributed by atoms with van der Waals surface area (Å²) in [5.74, 6) is 0.383. The standard InChI is InChI=1S/C17H24FNO/c1-3-8-19-17(14-6-4-12(18)9-11(14)2)15-10-13-5-7-16(15)20-13/h4,6,9,13,15-17,19H,3,5,7-8,10H2,1-2H3. The molecule has 1 aromatic carbocycles. The largest absolute Gasteiger partial charge is 0.375 e. The Morgan fingerprint density at radius 1 is 1.40 bits per heavy atom. The summed E-state index contributed by atoms with van der Waals surface area (Å²) in [6, 6.07) is 5.47. The van der Waals surface area contributed by atoms with E-state index in [9.17, 15) is 4.39 Å². The maximum absolute atomic E-state index is 13.3. The Bertz CT molecular complexity index is 476. The molecule has 0 amide bonds. The highest BCUT2D eigenvalue weighted by Gasteiger charge is 2.44. The van der Waals surface area contributed by atoms with Crippen molar-refractivity contribution in [2.75, 3.05) is 6.54 Å². The van der Waals surface area contributed by atoms with E-state index in [-0.39, 0.29) is 5.82 Å². The van der Waals surface area contributed by atoms with Crippen molar-refractivity contribution in [1.82, 2.24) is 5.32 Å². The molecule has 110 valence electrons. The quantitative estimate of drug-likeness (QED) is 0.885. The normalized spacial score (nSPS) is 29.9. The Kier molecular flexibility index (Phi) is 4.08. The molecule has 3 heteroatoms. The van der Waals surface area contributed by atoms with Crippen molar-refractivity contribution in [1.29, 1.82) is 0 Å².